The standard InChI is InChI=1S/C10H17F3O3/c1-3-9(4-2,8(14)15)5-6-16-7-10(11,12)13/h3-7H2,1-2H3,(H,14,15). The van der Waals surface area contributed by atoms with Crippen LogP contribution in [0.2, 0.25) is 0 Å². The largest absolute Gasteiger partial charge is 0.481 e. The van der Waals surface area contributed by atoms with E-state index in [4.69, 9.17) is 5.11 Å². The van der Waals surface area contributed by atoms with Crippen LogP contribution in [0.1, 0.15) is 33.1 Å². The van der Waals surface area contributed by atoms with E-state index in [2.05, 4.69) is 4.74 Å². The molecule has 0 heterocycles. The minimum atomic E-state index is -4.36. The number of carbonyl (C=O) groups is 1. The molecule has 0 unspecified atom stereocenters. The van der Waals surface area contributed by atoms with Gasteiger partial charge in [0.1, 0.15) is 6.61 Å². The summed E-state index contributed by atoms with van der Waals surface area (Å²) in [4.78, 5) is 11.0. The highest BCUT2D eigenvalue weighted by molar-refractivity contribution is 5.74. The molecule has 3 nitrogen and oxygen atoms in total. The predicted octanol–water partition coefficient (Wildman–Crippen LogP) is 2.85. The fourth-order valence-electron chi connectivity index (χ4n) is 1.47. The molecule has 6 heteroatoms. The first-order valence-electron chi connectivity index (χ1n) is 5.15. The van der Waals surface area contributed by atoms with Crippen LogP contribution >= 0.6 is 0 Å². The fraction of sp³-hybridized carbons (Fsp3) is 0.900. The number of ether oxygens (including phenoxy) is 1. The summed E-state index contributed by atoms with van der Waals surface area (Å²) >= 11 is 0. The van der Waals surface area contributed by atoms with Crippen LogP contribution in [0.4, 0.5) is 13.2 Å². The second kappa shape index (κ2) is 6.08. The third kappa shape index (κ3) is 4.83. The number of carboxylic acids is 1. The van der Waals surface area contributed by atoms with Crippen LogP contribution in [-0.4, -0.2) is 30.5 Å². The Labute approximate surface area is 92.6 Å². The summed E-state index contributed by atoms with van der Waals surface area (Å²) in [6.45, 7) is 1.91. The number of rotatable bonds is 7. The van der Waals surface area contributed by atoms with Crippen molar-refractivity contribution in [2.45, 2.75) is 39.3 Å². The van der Waals surface area contributed by atoms with Gasteiger partial charge >= 0.3 is 12.1 Å². The zero-order chi connectivity index (χ0) is 12.8. The highest BCUT2D eigenvalue weighted by Crippen LogP contribution is 2.31. The van der Waals surface area contributed by atoms with Crippen molar-refractivity contribution < 1.29 is 27.8 Å². The first kappa shape index (κ1) is 15.2. The van der Waals surface area contributed by atoms with Crippen molar-refractivity contribution in [3.63, 3.8) is 0 Å². The van der Waals surface area contributed by atoms with Crippen LogP contribution in [0.3, 0.4) is 0 Å². The lowest BCUT2D eigenvalue weighted by Crippen LogP contribution is -2.31. The Kier molecular flexibility index (Phi) is 5.78. The molecule has 0 aliphatic rings. The summed E-state index contributed by atoms with van der Waals surface area (Å²) in [6.07, 6.45) is -3.49. The molecule has 0 aromatic carbocycles. The average Bonchev–Trinajstić information content (AvgIpc) is 2.17. The van der Waals surface area contributed by atoms with Gasteiger partial charge in [0.05, 0.1) is 5.41 Å². The molecule has 0 aromatic rings. The second-order valence-corrected chi connectivity index (χ2v) is 3.71. The van der Waals surface area contributed by atoms with Crippen molar-refractivity contribution >= 4 is 5.97 Å². The van der Waals surface area contributed by atoms with Gasteiger partial charge < -0.3 is 9.84 Å². The summed E-state index contributed by atoms with van der Waals surface area (Å²) in [6, 6.07) is 0. The fourth-order valence-corrected chi connectivity index (χ4v) is 1.47. The summed E-state index contributed by atoms with van der Waals surface area (Å²) in [5.41, 5.74) is -0.967. The number of carboxylic acid groups (broad SMARTS) is 1. The zero-order valence-corrected chi connectivity index (χ0v) is 9.43. The molecule has 0 aromatic heterocycles. The van der Waals surface area contributed by atoms with E-state index in [1.54, 1.807) is 13.8 Å². The Hall–Kier alpha value is -0.780. The number of halogens is 3. The molecule has 0 aliphatic carbocycles. The molecule has 0 saturated heterocycles. The molecule has 0 bridgehead atoms. The van der Waals surface area contributed by atoms with E-state index in [0.29, 0.717) is 12.8 Å². The number of aliphatic carboxylic acids is 1. The van der Waals surface area contributed by atoms with E-state index in [1.807, 2.05) is 0 Å². The van der Waals surface area contributed by atoms with Gasteiger partial charge in [0.25, 0.3) is 0 Å². The van der Waals surface area contributed by atoms with Crippen LogP contribution < -0.4 is 0 Å². The van der Waals surface area contributed by atoms with Gasteiger partial charge in [0.15, 0.2) is 0 Å². The molecule has 0 atom stereocenters. The molecule has 96 valence electrons. The highest BCUT2D eigenvalue weighted by atomic mass is 19.4. The van der Waals surface area contributed by atoms with Crippen molar-refractivity contribution in [1.29, 1.82) is 0 Å². The van der Waals surface area contributed by atoms with E-state index in [9.17, 15) is 18.0 Å². The third-order valence-corrected chi connectivity index (χ3v) is 2.80. The minimum absolute atomic E-state index is 0.103. The van der Waals surface area contributed by atoms with Gasteiger partial charge in [-0.3, -0.25) is 4.79 Å². The molecule has 0 fully saturated rings. The van der Waals surface area contributed by atoms with Crippen LogP contribution in [0, 0.1) is 5.41 Å². The van der Waals surface area contributed by atoms with E-state index >= 15 is 0 Å². The van der Waals surface area contributed by atoms with Gasteiger partial charge in [-0.25, -0.2) is 0 Å². The zero-order valence-electron chi connectivity index (χ0n) is 9.43. The Balaban J connectivity index is 4.10. The number of hydrogen-bond donors (Lipinski definition) is 1. The Morgan fingerprint density at radius 2 is 1.75 bits per heavy atom. The topological polar surface area (TPSA) is 46.5 Å². The van der Waals surface area contributed by atoms with Gasteiger partial charge in [0, 0.05) is 6.61 Å². The summed E-state index contributed by atoms with van der Waals surface area (Å²) in [5, 5.41) is 9.01. The molecule has 0 saturated carbocycles. The molecule has 0 aliphatic heterocycles. The molecule has 1 N–H and O–H groups in total. The lowest BCUT2D eigenvalue weighted by Gasteiger charge is -2.26. The van der Waals surface area contributed by atoms with Gasteiger partial charge in [0.2, 0.25) is 0 Å². The van der Waals surface area contributed by atoms with Crippen molar-refractivity contribution in [2.24, 2.45) is 5.41 Å². The van der Waals surface area contributed by atoms with E-state index in [0.717, 1.165) is 0 Å². The molecule has 16 heavy (non-hydrogen) atoms. The van der Waals surface area contributed by atoms with Crippen LogP contribution in [0.15, 0.2) is 0 Å². The molecule has 0 radical (unpaired) electrons. The Bertz CT molecular complexity index is 222. The maximum Gasteiger partial charge on any atom is 0.411 e. The normalized spacial score (nSPS) is 12.8. The smallest absolute Gasteiger partial charge is 0.411 e. The number of alkyl halides is 3. The van der Waals surface area contributed by atoms with Gasteiger partial charge in [-0.15, -0.1) is 0 Å². The summed E-state index contributed by atoms with van der Waals surface area (Å²) in [5.74, 6) is -0.979. The maximum absolute atomic E-state index is 11.8. The predicted molar refractivity (Wildman–Crippen MR) is 52.1 cm³/mol. The number of hydrogen-bond acceptors (Lipinski definition) is 2. The lowest BCUT2D eigenvalue weighted by molar-refractivity contribution is -0.176. The highest BCUT2D eigenvalue weighted by Gasteiger charge is 2.35. The van der Waals surface area contributed by atoms with E-state index in [-0.39, 0.29) is 13.0 Å². The quantitative estimate of drug-likeness (QED) is 0.698. The second-order valence-electron chi connectivity index (χ2n) is 3.71. The SMILES string of the molecule is CCC(CC)(CCOCC(F)(F)F)C(=O)O. The Morgan fingerprint density at radius 1 is 1.25 bits per heavy atom. The summed E-state index contributed by atoms with van der Waals surface area (Å²) in [7, 11) is 0. The molecule has 0 amide bonds. The van der Waals surface area contributed by atoms with Crippen molar-refractivity contribution in [3.05, 3.63) is 0 Å². The van der Waals surface area contributed by atoms with Gasteiger partial charge in [-0.1, -0.05) is 13.8 Å². The van der Waals surface area contributed by atoms with Crippen molar-refractivity contribution in [1.82, 2.24) is 0 Å². The molecule has 0 spiro atoms. The van der Waals surface area contributed by atoms with Gasteiger partial charge in [-0.05, 0) is 19.3 Å². The molecular weight excluding hydrogens is 225 g/mol. The average molecular weight is 242 g/mol. The van der Waals surface area contributed by atoms with Crippen molar-refractivity contribution in [3.8, 4) is 0 Å². The molecule has 0 rings (SSSR count). The monoisotopic (exact) mass is 242 g/mol. The van der Waals surface area contributed by atoms with Gasteiger partial charge in [-0.2, -0.15) is 13.2 Å². The summed E-state index contributed by atoms with van der Waals surface area (Å²) < 4.78 is 39.7. The van der Waals surface area contributed by atoms with E-state index < -0.39 is 24.2 Å². The van der Waals surface area contributed by atoms with Crippen molar-refractivity contribution in [2.75, 3.05) is 13.2 Å². The Morgan fingerprint density at radius 3 is 2.06 bits per heavy atom. The minimum Gasteiger partial charge on any atom is -0.481 e. The lowest BCUT2D eigenvalue weighted by atomic mass is 9.79. The maximum atomic E-state index is 11.8. The first-order valence-corrected chi connectivity index (χ1v) is 5.15. The molecular formula is C10H17F3O3. The van der Waals surface area contributed by atoms with Crippen LogP contribution in [0.5, 0.6) is 0 Å². The van der Waals surface area contributed by atoms with Crippen LogP contribution in [0.25, 0.3) is 0 Å². The first-order chi connectivity index (χ1) is 7.27. The van der Waals surface area contributed by atoms with Crippen LogP contribution in [-0.2, 0) is 9.53 Å². The third-order valence-electron chi connectivity index (χ3n) is 2.80. The van der Waals surface area contributed by atoms with E-state index in [1.165, 1.54) is 0 Å².